The zero-order valence-electron chi connectivity index (χ0n) is 12.1. The molecule has 1 aromatic rings. The maximum absolute atomic E-state index is 13.3. The molecule has 2 rings (SSSR count). The zero-order chi connectivity index (χ0) is 14.0. The van der Waals surface area contributed by atoms with Gasteiger partial charge in [-0.3, -0.25) is 0 Å². The largest absolute Gasteiger partial charge is 0.389 e. The Morgan fingerprint density at radius 1 is 1.21 bits per heavy atom. The molecule has 1 atom stereocenters. The molecule has 1 aliphatic rings. The minimum atomic E-state index is -0.631. The average Bonchev–Trinajstić information content (AvgIpc) is 2.38. The van der Waals surface area contributed by atoms with Gasteiger partial charge in [0.05, 0.1) is 6.10 Å². The number of hydrogen-bond acceptors (Lipinski definition) is 2. The molecule has 1 N–H and O–H groups in total. The molecule has 0 aromatic heterocycles. The van der Waals surface area contributed by atoms with Crippen LogP contribution in [0.4, 0.5) is 10.1 Å². The first-order chi connectivity index (χ1) is 8.99. The van der Waals surface area contributed by atoms with Crippen LogP contribution in [0.3, 0.4) is 0 Å². The Bertz CT molecular complexity index is 423. The lowest BCUT2D eigenvalue weighted by Crippen LogP contribution is -2.35. The summed E-state index contributed by atoms with van der Waals surface area (Å²) in [5.74, 6) is 1.23. The first kappa shape index (κ1) is 14.3. The van der Waals surface area contributed by atoms with Crippen molar-refractivity contribution in [3.05, 3.63) is 29.6 Å². The number of piperidine rings is 1. The minimum absolute atomic E-state index is 0.281. The van der Waals surface area contributed by atoms with Crippen LogP contribution in [0.2, 0.25) is 0 Å². The highest BCUT2D eigenvalue weighted by molar-refractivity contribution is 5.55. The van der Waals surface area contributed by atoms with Crippen molar-refractivity contribution in [2.45, 2.75) is 39.7 Å². The van der Waals surface area contributed by atoms with Crippen molar-refractivity contribution in [1.82, 2.24) is 0 Å². The van der Waals surface area contributed by atoms with E-state index in [2.05, 4.69) is 18.7 Å². The first-order valence-electron chi connectivity index (χ1n) is 7.21. The van der Waals surface area contributed by atoms with Crippen molar-refractivity contribution in [2.24, 2.45) is 11.8 Å². The van der Waals surface area contributed by atoms with Crippen molar-refractivity contribution < 1.29 is 9.50 Å². The van der Waals surface area contributed by atoms with Crippen LogP contribution in [0.5, 0.6) is 0 Å². The summed E-state index contributed by atoms with van der Waals surface area (Å²) in [5, 5.41) is 9.81. The first-order valence-corrected chi connectivity index (χ1v) is 7.21. The molecule has 0 radical (unpaired) electrons. The summed E-state index contributed by atoms with van der Waals surface area (Å²) in [6.45, 7) is 8.24. The molecule has 1 aromatic carbocycles. The maximum atomic E-state index is 13.3. The van der Waals surface area contributed by atoms with E-state index in [1.807, 2.05) is 0 Å². The summed E-state index contributed by atoms with van der Waals surface area (Å²) in [7, 11) is 0. The number of anilines is 1. The van der Waals surface area contributed by atoms with Gasteiger partial charge in [-0.1, -0.05) is 13.8 Å². The summed E-state index contributed by atoms with van der Waals surface area (Å²) in [6, 6.07) is 4.73. The van der Waals surface area contributed by atoms with E-state index >= 15 is 0 Å². The Morgan fingerprint density at radius 3 is 2.37 bits per heavy atom. The smallest absolute Gasteiger partial charge is 0.123 e. The molecule has 0 aliphatic carbocycles. The van der Waals surface area contributed by atoms with E-state index < -0.39 is 6.10 Å². The molecular weight excluding hydrogens is 241 g/mol. The highest BCUT2D eigenvalue weighted by Gasteiger charge is 2.23. The van der Waals surface area contributed by atoms with Gasteiger partial charge in [0.25, 0.3) is 0 Å². The third kappa shape index (κ3) is 3.27. The van der Waals surface area contributed by atoms with Crippen LogP contribution < -0.4 is 4.90 Å². The Balaban J connectivity index is 2.15. The fourth-order valence-corrected chi connectivity index (χ4v) is 2.96. The molecule has 0 spiro atoms. The third-order valence-electron chi connectivity index (χ3n) is 4.26. The van der Waals surface area contributed by atoms with Crippen LogP contribution >= 0.6 is 0 Å². The van der Waals surface area contributed by atoms with Gasteiger partial charge in [0.1, 0.15) is 5.82 Å². The van der Waals surface area contributed by atoms with E-state index in [0.717, 1.165) is 30.6 Å². The van der Waals surface area contributed by atoms with Crippen molar-refractivity contribution in [3.63, 3.8) is 0 Å². The van der Waals surface area contributed by atoms with Crippen molar-refractivity contribution in [1.29, 1.82) is 0 Å². The summed E-state index contributed by atoms with van der Waals surface area (Å²) >= 11 is 0. The van der Waals surface area contributed by atoms with E-state index in [1.54, 1.807) is 13.0 Å². The normalized spacial score (nSPS) is 18.9. The van der Waals surface area contributed by atoms with E-state index in [-0.39, 0.29) is 5.82 Å². The van der Waals surface area contributed by atoms with Gasteiger partial charge in [0.2, 0.25) is 0 Å². The Kier molecular flexibility index (Phi) is 4.46. The van der Waals surface area contributed by atoms with Crippen molar-refractivity contribution >= 4 is 5.69 Å². The summed E-state index contributed by atoms with van der Waals surface area (Å²) in [6.07, 6.45) is 1.72. The molecule has 106 valence electrons. The lowest BCUT2D eigenvalue weighted by molar-refractivity contribution is 0.198. The quantitative estimate of drug-likeness (QED) is 0.899. The molecule has 19 heavy (non-hydrogen) atoms. The topological polar surface area (TPSA) is 23.5 Å². The molecule has 0 amide bonds. The van der Waals surface area contributed by atoms with Gasteiger partial charge in [-0.15, -0.1) is 0 Å². The lowest BCUT2D eigenvalue weighted by Gasteiger charge is -2.36. The molecular formula is C16H24FNO. The predicted octanol–water partition coefficient (Wildman–Crippen LogP) is 3.75. The van der Waals surface area contributed by atoms with Crippen LogP contribution in [0.1, 0.15) is 45.3 Å². The SMILES string of the molecule is CC(C)C1CCN(c2ccc(F)cc2[C@H](C)O)CC1. The molecule has 1 saturated heterocycles. The van der Waals surface area contributed by atoms with Gasteiger partial charge in [-0.25, -0.2) is 4.39 Å². The number of hydrogen-bond donors (Lipinski definition) is 1. The Hall–Kier alpha value is -1.09. The second-order valence-corrected chi connectivity index (χ2v) is 5.95. The summed E-state index contributed by atoms with van der Waals surface area (Å²) in [5.41, 5.74) is 1.68. The second kappa shape index (κ2) is 5.91. The predicted molar refractivity (Wildman–Crippen MR) is 76.8 cm³/mol. The van der Waals surface area contributed by atoms with Crippen LogP contribution in [-0.4, -0.2) is 18.2 Å². The zero-order valence-corrected chi connectivity index (χ0v) is 12.1. The second-order valence-electron chi connectivity index (χ2n) is 5.95. The molecule has 0 unspecified atom stereocenters. The highest BCUT2D eigenvalue weighted by Crippen LogP contribution is 2.32. The molecule has 1 aliphatic heterocycles. The fourth-order valence-electron chi connectivity index (χ4n) is 2.96. The molecule has 0 saturated carbocycles. The van der Waals surface area contributed by atoms with Crippen LogP contribution in [-0.2, 0) is 0 Å². The number of halogens is 1. The van der Waals surface area contributed by atoms with Crippen LogP contribution in [0, 0.1) is 17.7 Å². The van der Waals surface area contributed by atoms with Gasteiger partial charge in [0, 0.05) is 24.3 Å². The number of benzene rings is 1. The Labute approximate surface area is 115 Å². The van der Waals surface area contributed by atoms with Crippen molar-refractivity contribution in [3.8, 4) is 0 Å². The van der Waals surface area contributed by atoms with E-state index in [4.69, 9.17) is 0 Å². The highest BCUT2D eigenvalue weighted by atomic mass is 19.1. The summed E-state index contributed by atoms with van der Waals surface area (Å²) in [4.78, 5) is 2.28. The van der Waals surface area contributed by atoms with Gasteiger partial charge >= 0.3 is 0 Å². The van der Waals surface area contributed by atoms with E-state index in [0.29, 0.717) is 5.56 Å². The number of aliphatic hydroxyl groups excluding tert-OH is 1. The summed E-state index contributed by atoms with van der Waals surface area (Å²) < 4.78 is 13.3. The molecule has 3 heteroatoms. The monoisotopic (exact) mass is 265 g/mol. The molecule has 1 fully saturated rings. The maximum Gasteiger partial charge on any atom is 0.123 e. The van der Waals surface area contributed by atoms with E-state index in [9.17, 15) is 9.50 Å². The number of rotatable bonds is 3. The van der Waals surface area contributed by atoms with E-state index in [1.165, 1.54) is 25.0 Å². The van der Waals surface area contributed by atoms with Gasteiger partial charge in [-0.2, -0.15) is 0 Å². The number of nitrogens with zero attached hydrogens (tertiary/aromatic N) is 1. The van der Waals surface area contributed by atoms with Crippen LogP contribution in [0.25, 0.3) is 0 Å². The third-order valence-corrected chi connectivity index (χ3v) is 4.26. The Morgan fingerprint density at radius 2 is 1.84 bits per heavy atom. The lowest BCUT2D eigenvalue weighted by atomic mass is 9.86. The van der Waals surface area contributed by atoms with Gasteiger partial charge in [-0.05, 0) is 49.8 Å². The molecule has 2 nitrogen and oxygen atoms in total. The van der Waals surface area contributed by atoms with Crippen LogP contribution in [0.15, 0.2) is 18.2 Å². The van der Waals surface area contributed by atoms with Gasteiger partial charge < -0.3 is 10.0 Å². The minimum Gasteiger partial charge on any atom is -0.389 e. The standard InChI is InChI=1S/C16H24FNO/c1-11(2)13-6-8-18(9-7-13)16-5-4-14(17)10-15(16)12(3)19/h4-5,10-13,19H,6-9H2,1-3H3/t12-/m0/s1. The molecule has 1 heterocycles. The van der Waals surface area contributed by atoms with Crippen molar-refractivity contribution in [2.75, 3.05) is 18.0 Å². The number of aliphatic hydroxyl groups is 1. The van der Waals surface area contributed by atoms with Gasteiger partial charge in [0.15, 0.2) is 0 Å². The average molecular weight is 265 g/mol. The fraction of sp³-hybridized carbons (Fsp3) is 0.625. The molecule has 0 bridgehead atoms.